The van der Waals surface area contributed by atoms with Crippen molar-refractivity contribution in [2.24, 2.45) is 0 Å². The summed E-state index contributed by atoms with van der Waals surface area (Å²) in [5, 5.41) is 0.317. The predicted molar refractivity (Wildman–Crippen MR) is 53.1 cm³/mol. The van der Waals surface area contributed by atoms with Crippen molar-refractivity contribution in [3.8, 4) is 12.3 Å². The number of halogens is 2. The van der Waals surface area contributed by atoms with E-state index in [0.29, 0.717) is 10.6 Å². The van der Waals surface area contributed by atoms with Gasteiger partial charge in [-0.1, -0.05) is 17.5 Å². The van der Waals surface area contributed by atoms with Crippen molar-refractivity contribution in [3.63, 3.8) is 0 Å². The van der Waals surface area contributed by atoms with Gasteiger partial charge in [0.2, 0.25) is 0 Å². The lowest BCUT2D eigenvalue weighted by Crippen LogP contribution is -1.97. The van der Waals surface area contributed by atoms with Crippen LogP contribution in [-0.4, -0.2) is 0 Å². The van der Waals surface area contributed by atoms with Crippen LogP contribution >= 0.6 is 11.6 Å². The van der Waals surface area contributed by atoms with Gasteiger partial charge in [-0.15, -0.1) is 6.42 Å². The number of nitrogen functional groups attached to an aromatic ring is 1. The first-order valence-electron chi connectivity index (χ1n) is 3.76. The molecule has 0 aliphatic rings. The van der Waals surface area contributed by atoms with Gasteiger partial charge in [0, 0.05) is 10.9 Å². The third kappa shape index (κ3) is 1.93. The SMILES string of the molecule is C#CC(C)c1cc(N)c(F)cc1Cl. The molecular formula is C10H9ClFN. The maximum Gasteiger partial charge on any atom is 0.147 e. The van der Waals surface area contributed by atoms with Crippen LogP contribution in [0.4, 0.5) is 10.1 Å². The van der Waals surface area contributed by atoms with Crippen LogP contribution in [0.5, 0.6) is 0 Å². The van der Waals surface area contributed by atoms with Gasteiger partial charge in [0.05, 0.1) is 5.69 Å². The van der Waals surface area contributed by atoms with Crippen LogP contribution in [0.25, 0.3) is 0 Å². The molecule has 0 aliphatic carbocycles. The fourth-order valence-corrected chi connectivity index (χ4v) is 1.32. The summed E-state index contributed by atoms with van der Waals surface area (Å²) in [5.41, 5.74) is 6.13. The van der Waals surface area contributed by atoms with Crippen LogP contribution in [-0.2, 0) is 0 Å². The summed E-state index contributed by atoms with van der Waals surface area (Å²) >= 11 is 5.78. The van der Waals surface area contributed by atoms with Crippen LogP contribution < -0.4 is 5.73 Å². The van der Waals surface area contributed by atoms with E-state index in [1.54, 1.807) is 6.92 Å². The monoisotopic (exact) mass is 197 g/mol. The maximum absolute atomic E-state index is 12.9. The molecule has 68 valence electrons. The van der Waals surface area contributed by atoms with Gasteiger partial charge in [-0.2, -0.15) is 0 Å². The maximum atomic E-state index is 12.9. The molecular weight excluding hydrogens is 189 g/mol. The van der Waals surface area contributed by atoms with E-state index in [9.17, 15) is 4.39 Å². The minimum Gasteiger partial charge on any atom is -0.396 e. The molecule has 1 nitrogen and oxygen atoms in total. The van der Waals surface area contributed by atoms with Crippen LogP contribution in [0.3, 0.4) is 0 Å². The summed E-state index contributed by atoms with van der Waals surface area (Å²) in [5.74, 6) is 1.83. The second-order valence-electron chi connectivity index (χ2n) is 2.78. The van der Waals surface area contributed by atoms with Gasteiger partial charge in [-0.3, -0.25) is 0 Å². The predicted octanol–water partition coefficient (Wildman–Crippen LogP) is 2.80. The van der Waals surface area contributed by atoms with Crippen molar-refractivity contribution in [1.82, 2.24) is 0 Å². The van der Waals surface area contributed by atoms with Crippen molar-refractivity contribution in [2.45, 2.75) is 12.8 Å². The average Bonchev–Trinajstić information content (AvgIpc) is 2.10. The zero-order chi connectivity index (χ0) is 10.0. The van der Waals surface area contributed by atoms with Crippen molar-refractivity contribution >= 4 is 17.3 Å². The highest BCUT2D eigenvalue weighted by atomic mass is 35.5. The van der Waals surface area contributed by atoms with E-state index in [1.165, 1.54) is 12.1 Å². The van der Waals surface area contributed by atoms with Gasteiger partial charge < -0.3 is 5.73 Å². The Balaban J connectivity index is 3.25. The molecule has 2 N–H and O–H groups in total. The highest BCUT2D eigenvalue weighted by molar-refractivity contribution is 6.31. The first kappa shape index (κ1) is 9.88. The molecule has 1 rings (SSSR count). The van der Waals surface area contributed by atoms with Gasteiger partial charge in [-0.05, 0) is 24.6 Å². The number of nitrogens with two attached hydrogens (primary N) is 1. The van der Waals surface area contributed by atoms with Crippen LogP contribution in [0.1, 0.15) is 18.4 Å². The number of terminal acetylenes is 1. The summed E-state index contributed by atoms with van der Waals surface area (Å²) in [4.78, 5) is 0. The minimum absolute atomic E-state index is 0.0708. The van der Waals surface area contributed by atoms with Crippen molar-refractivity contribution in [1.29, 1.82) is 0 Å². The van der Waals surface area contributed by atoms with Gasteiger partial charge >= 0.3 is 0 Å². The fraction of sp³-hybridized carbons (Fsp3) is 0.200. The minimum atomic E-state index is -0.516. The Morgan fingerprint density at radius 1 is 1.62 bits per heavy atom. The van der Waals surface area contributed by atoms with Crippen molar-refractivity contribution in [3.05, 3.63) is 28.5 Å². The van der Waals surface area contributed by atoms with Crippen molar-refractivity contribution < 1.29 is 4.39 Å². The first-order valence-corrected chi connectivity index (χ1v) is 4.14. The van der Waals surface area contributed by atoms with E-state index < -0.39 is 5.82 Å². The van der Waals surface area contributed by atoms with E-state index >= 15 is 0 Å². The highest BCUT2D eigenvalue weighted by Crippen LogP contribution is 2.27. The molecule has 3 heteroatoms. The van der Waals surface area contributed by atoms with Crippen LogP contribution in [0.2, 0.25) is 5.02 Å². The zero-order valence-electron chi connectivity index (χ0n) is 7.14. The van der Waals surface area contributed by atoms with Crippen LogP contribution in [0, 0.1) is 18.2 Å². The Labute approximate surface area is 81.7 Å². The Morgan fingerprint density at radius 3 is 2.77 bits per heavy atom. The molecule has 13 heavy (non-hydrogen) atoms. The Hall–Kier alpha value is -1.20. The highest BCUT2D eigenvalue weighted by Gasteiger charge is 2.10. The Bertz CT molecular complexity index is 368. The molecule has 0 amide bonds. The average molecular weight is 198 g/mol. The largest absolute Gasteiger partial charge is 0.396 e. The topological polar surface area (TPSA) is 26.0 Å². The van der Waals surface area contributed by atoms with E-state index in [0.717, 1.165) is 0 Å². The van der Waals surface area contributed by atoms with E-state index in [2.05, 4.69) is 5.92 Å². The standard InChI is InChI=1S/C10H9ClFN/c1-3-6(2)7-4-10(13)9(12)5-8(7)11/h1,4-6H,13H2,2H3. The molecule has 1 unspecified atom stereocenters. The Kier molecular flexibility index (Phi) is 2.79. The molecule has 0 radical (unpaired) electrons. The fourth-order valence-electron chi connectivity index (χ4n) is 1.00. The molecule has 1 atom stereocenters. The quantitative estimate of drug-likeness (QED) is 0.544. The number of benzene rings is 1. The van der Waals surface area contributed by atoms with Crippen LogP contribution in [0.15, 0.2) is 12.1 Å². The summed E-state index contributed by atoms with van der Waals surface area (Å²) in [7, 11) is 0. The molecule has 0 bridgehead atoms. The molecule has 0 spiro atoms. The summed E-state index contributed by atoms with van der Waals surface area (Å²) in [6.45, 7) is 1.80. The number of rotatable bonds is 1. The van der Waals surface area contributed by atoms with E-state index in [1.807, 2.05) is 0 Å². The second-order valence-corrected chi connectivity index (χ2v) is 3.19. The first-order chi connectivity index (χ1) is 6.06. The molecule has 1 aromatic carbocycles. The lowest BCUT2D eigenvalue weighted by molar-refractivity contribution is 0.631. The molecule has 0 aliphatic heterocycles. The van der Waals surface area contributed by atoms with Gasteiger partial charge in [0.25, 0.3) is 0 Å². The smallest absolute Gasteiger partial charge is 0.147 e. The lowest BCUT2D eigenvalue weighted by atomic mass is 10.0. The number of hydrogen-bond acceptors (Lipinski definition) is 1. The van der Waals surface area contributed by atoms with Gasteiger partial charge in [-0.25, -0.2) is 4.39 Å². The third-order valence-corrected chi connectivity index (χ3v) is 2.16. The third-order valence-electron chi connectivity index (χ3n) is 1.83. The molecule has 1 aromatic rings. The lowest BCUT2D eigenvalue weighted by Gasteiger charge is -2.08. The molecule has 0 saturated heterocycles. The van der Waals surface area contributed by atoms with Crippen molar-refractivity contribution in [2.75, 3.05) is 5.73 Å². The van der Waals surface area contributed by atoms with E-state index in [-0.39, 0.29) is 11.6 Å². The summed E-state index contributed by atoms with van der Waals surface area (Å²) in [6, 6.07) is 2.66. The normalized spacial score (nSPS) is 12.2. The number of hydrogen-bond donors (Lipinski definition) is 1. The molecule has 0 heterocycles. The van der Waals surface area contributed by atoms with Gasteiger partial charge in [0.1, 0.15) is 5.82 Å². The van der Waals surface area contributed by atoms with E-state index in [4.69, 9.17) is 23.8 Å². The number of anilines is 1. The molecule has 0 fully saturated rings. The van der Waals surface area contributed by atoms with Gasteiger partial charge in [0.15, 0.2) is 0 Å². The zero-order valence-corrected chi connectivity index (χ0v) is 7.90. The molecule has 0 aromatic heterocycles. The summed E-state index contributed by atoms with van der Waals surface area (Å²) < 4.78 is 12.9. The summed E-state index contributed by atoms with van der Waals surface area (Å²) in [6.07, 6.45) is 5.22. The Morgan fingerprint density at radius 2 is 2.23 bits per heavy atom. The molecule has 0 saturated carbocycles. The second kappa shape index (κ2) is 3.68.